The Morgan fingerprint density at radius 3 is 2.62 bits per heavy atom. The van der Waals surface area contributed by atoms with Gasteiger partial charge in [-0.25, -0.2) is 4.39 Å². The second kappa shape index (κ2) is 3.98. The number of rotatable bonds is 1. The zero-order chi connectivity index (χ0) is 11.7. The van der Waals surface area contributed by atoms with Crippen LogP contribution in [0.1, 0.15) is 0 Å². The predicted octanol–water partition coefficient (Wildman–Crippen LogP) is 2.21. The van der Waals surface area contributed by atoms with E-state index in [1.807, 2.05) is 0 Å². The third-order valence-corrected chi connectivity index (χ3v) is 2.42. The van der Waals surface area contributed by atoms with Crippen molar-refractivity contribution in [2.45, 2.75) is 0 Å². The summed E-state index contributed by atoms with van der Waals surface area (Å²) in [7, 11) is 0. The monoisotopic (exact) mass is 238 g/mol. The van der Waals surface area contributed by atoms with E-state index in [2.05, 4.69) is 0 Å². The number of nitrogens with zero attached hydrogens (tertiary/aromatic N) is 1. The molecule has 1 aromatic carbocycles. The van der Waals surface area contributed by atoms with Crippen molar-refractivity contribution in [1.29, 1.82) is 0 Å². The fourth-order valence-corrected chi connectivity index (χ4v) is 1.63. The third-order valence-electron chi connectivity index (χ3n) is 2.11. The average Bonchev–Trinajstić information content (AvgIpc) is 2.19. The van der Waals surface area contributed by atoms with Crippen molar-refractivity contribution in [3.05, 3.63) is 57.7 Å². The first-order valence-electron chi connectivity index (χ1n) is 4.51. The highest BCUT2D eigenvalue weighted by Gasteiger charge is 2.05. The molecule has 2 aromatic rings. The zero-order valence-corrected chi connectivity index (χ0v) is 8.91. The SMILES string of the molecule is Nc1ccn(-c2ccc(F)cc2Cl)c(=O)c1. The second-order valence-electron chi connectivity index (χ2n) is 3.26. The van der Waals surface area contributed by atoms with Crippen molar-refractivity contribution in [2.24, 2.45) is 0 Å². The fourth-order valence-electron chi connectivity index (χ4n) is 1.37. The predicted molar refractivity (Wildman–Crippen MR) is 61.4 cm³/mol. The summed E-state index contributed by atoms with van der Waals surface area (Å²) in [6, 6.07) is 6.68. The van der Waals surface area contributed by atoms with Crippen molar-refractivity contribution in [3.63, 3.8) is 0 Å². The van der Waals surface area contributed by atoms with Gasteiger partial charge in [0.1, 0.15) is 5.82 Å². The number of aromatic nitrogens is 1. The minimum Gasteiger partial charge on any atom is -0.399 e. The molecule has 0 aliphatic rings. The number of nitrogen functional groups attached to an aromatic ring is 1. The molecule has 2 N–H and O–H groups in total. The Balaban J connectivity index is 2.63. The third kappa shape index (κ3) is 1.92. The van der Waals surface area contributed by atoms with Gasteiger partial charge in [0.15, 0.2) is 0 Å². The van der Waals surface area contributed by atoms with Crippen LogP contribution in [0.5, 0.6) is 0 Å². The van der Waals surface area contributed by atoms with E-state index in [0.29, 0.717) is 11.4 Å². The van der Waals surface area contributed by atoms with Crippen LogP contribution < -0.4 is 11.3 Å². The lowest BCUT2D eigenvalue weighted by atomic mass is 10.3. The number of anilines is 1. The molecule has 1 aromatic heterocycles. The van der Waals surface area contributed by atoms with E-state index in [1.54, 1.807) is 6.07 Å². The molecule has 0 bridgehead atoms. The Kier molecular flexibility index (Phi) is 2.66. The number of hydrogen-bond donors (Lipinski definition) is 1. The van der Waals surface area contributed by atoms with Crippen LogP contribution >= 0.6 is 11.6 Å². The van der Waals surface area contributed by atoms with Crippen molar-refractivity contribution in [1.82, 2.24) is 4.57 Å². The largest absolute Gasteiger partial charge is 0.399 e. The first kappa shape index (κ1) is 10.7. The Morgan fingerprint density at radius 1 is 1.25 bits per heavy atom. The molecule has 82 valence electrons. The second-order valence-corrected chi connectivity index (χ2v) is 3.67. The maximum atomic E-state index is 12.8. The van der Waals surface area contributed by atoms with Crippen LogP contribution in [-0.4, -0.2) is 4.57 Å². The van der Waals surface area contributed by atoms with Crippen molar-refractivity contribution in [2.75, 3.05) is 5.73 Å². The van der Waals surface area contributed by atoms with Gasteiger partial charge in [0.25, 0.3) is 5.56 Å². The lowest BCUT2D eigenvalue weighted by Gasteiger charge is -2.07. The number of hydrogen-bond acceptors (Lipinski definition) is 2. The minimum atomic E-state index is -0.447. The highest BCUT2D eigenvalue weighted by Crippen LogP contribution is 2.20. The van der Waals surface area contributed by atoms with Crippen LogP contribution in [0.2, 0.25) is 5.02 Å². The Morgan fingerprint density at radius 2 is 2.00 bits per heavy atom. The molecule has 0 fully saturated rings. The van der Waals surface area contributed by atoms with Crippen molar-refractivity contribution >= 4 is 17.3 Å². The summed E-state index contributed by atoms with van der Waals surface area (Å²) < 4.78 is 14.1. The lowest BCUT2D eigenvalue weighted by molar-refractivity contribution is 0.627. The molecule has 0 aliphatic heterocycles. The van der Waals surface area contributed by atoms with Gasteiger partial charge in [-0.1, -0.05) is 11.6 Å². The topological polar surface area (TPSA) is 48.0 Å². The van der Waals surface area contributed by atoms with Gasteiger partial charge >= 0.3 is 0 Å². The molecular weight excluding hydrogens is 231 g/mol. The van der Waals surface area contributed by atoms with Gasteiger partial charge < -0.3 is 5.73 Å². The Hall–Kier alpha value is -1.81. The molecule has 0 amide bonds. The van der Waals surface area contributed by atoms with Gasteiger partial charge in [-0.2, -0.15) is 0 Å². The van der Waals surface area contributed by atoms with Gasteiger partial charge in [-0.15, -0.1) is 0 Å². The van der Waals surface area contributed by atoms with Crippen LogP contribution in [0.25, 0.3) is 5.69 Å². The molecule has 2 rings (SSSR count). The van der Waals surface area contributed by atoms with Crippen molar-refractivity contribution < 1.29 is 4.39 Å². The maximum absolute atomic E-state index is 12.8. The lowest BCUT2D eigenvalue weighted by Crippen LogP contribution is -2.17. The van der Waals surface area contributed by atoms with E-state index >= 15 is 0 Å². The van der Waals surface area contributed by atoms with Gasteiger partial charge in [-0.3, -0.25) is 9.36 Å². The maximum Gasteiger partial charge on any atom is 0.257 e. The first-order chi connectivity index (χ1) is 7.58. The quantitative estimate of drug-likeness (QED) is 0.828. The van der Waals surface area contributed by atoms with E-state index in [-0.39, 0.29) is 10.6 Å². The molecular formula is C11H8ClFN2O. The molecule has 0 atom stereocenters. The number of halogens is 2. The van der Waals surface area contributed by atoms with Crippen LogP contribution in [0, 0.1) is 5.82 Å². The first-order valence-corrected chi connectivity index (χ1v) is 4.89. The summed E-state index contributed by atoms with van der Waals surface area (Å²) in [6.45, 7) is 0. The summed E-state index contributed by atoms with van der Waals surface area (Å²) in [5.41, 5.74) is 5.95. The minimum absolute atomic E-state index is 0.173. The van der Waals surface area contributed by atoms with Gasteiger partial charge in [0.2, 0.25) is 0 Å². The molecule has 1 heterocycles. The summed E-state index contributed by atoms with van der Waals surface area (Å²) in [6.07, 6.45) is 1.50. The van der Waals surface area contributed by atoms with Gasteiger partial charge in [-0.05, 0) is 24.3 Å². The van der Waals surface area contributed by atoms with E-state index in [4.69, 9.17) is 17.3 Å². The molecule has 0 aliphatic carbocycles. The standard InChI is InChI=1S/C11H8ClFN2O/c12-9-5-7(13)1-2-10(9)15-4-3-8(14)6-11(15)16/h1-6H,14H2. The highest BCUT2D eigenvalue weighted by molar-refractivity contribution is 6.32. The van der Waals surface area contributed by atoms with E-state index < -0.39 is 5.82 Å². The van der Waals surface area contributed by atoms with Gasteiger partial charge in [0, 0.05) is 18.0 Å². The Labute approximate surface area is 95.9 Å². The number of benzene rings is 1. The van der Waals surface area contributed by atoms with E-state index in [1.165, 1.54) is 29.0 Å². The average molecular weight is 239 g/mol. The van der Waals surface area contributed by atoms with Crippen LogP contribution in [-0.2, 0) is 0 Å². The number of pyridine rings is 1. The fraction of sp³-hybridized carbons (Fsp3) is 0. The van der Waals surface area contributed by atoms with E-state index in [9.17, 15) is 9.18 Å². The van der Waals surface area contributed by atoms with Crippen LogP contribution in [0.3, 0.4) is 0 Å². The Bertz CT molecular complexity index is 595. The van der Waals surface area contributed by atoms with Crippen molar-refractivity contribution in [3.8, 4) is 5.69 Å². The van der Waals surface area contributed by atoms with Gasteiger partial charge in [0.05, 0.1) is 10.7 Å². The van der Waals surface area contributed by atoms with Crippen LogP contribution in [0.15, 0.2) is 41.3 Å². The number of nitrogens with two attached hydrogens (primary N) is 1. The smallest absolute Gasteiger partial charge is 0.257 e. The highest BCUT2D eigenvalue weighted by atomic mass is 35.5. The summed E-state index contributed by atoms with van der Waals surface area (Å²) >= 11 is 5.84. The molecule has 3 nitrogen and oxygen atoms in total. The molecule has 16 heavy (non-hydrogen) atoms. The zero-order valence-electron chi connectivity index (χ0n) is 8.15. The normalized spacial score (nSPS) is 10.4. The molecule has 0 spiro atoms. The molecule has 0 radical (unpaired) electrons. The summed E-state index contributed by atoms with van der Waals surface area (Å²) in [5, 5.41) is 0.173. The molecule has 0 unspecified atom stereocenters. The summed E-state index contributed by atoms with van der Waals surface area (Å²) in [5.74, 6) is -0.447. The molecule has 5 heteroatoms. The summed E-state index contributed by atoms with van der Waals surface area (Å²) in [4.78, 5) is 11.6. The van der Waals surface area contributed by atoms with Crippen LogP contribution in [0.4, 0.5) is 10.1 Å². The molecule has 0 saturated carbocycles. The van der Waals surface area contributed by atoms with E-state index in [0.717, 1.165) is 6.07 Å². The molecule has 0 saturated heterocycles.